The van der Waals surface area contributed by atoms with E-state index >= 15 is 0 Å². The van der Waals surface area contributed by atoms with Gasteiger partial charge in [0.2, 0.25) is 5.91 Å². The number of nitrogens with zero attached hydrogens (tertiary/aromatic N) is 1. The molecule has 2 aliphatic heterocycles. The number of carbonyl (C=O) groups is 1. The topological polar surface area (TPSA) is 64.8 Å². The second-order valence-corrected chi connectivity index (χ2v) is 5.81. The molecule has 0 aromatic rings. The van der Waals surface area contributed by atoms with Crippen molar-refractivity contribution in [1.29, 1.82) is 0 Å². The van der Waals surface area contributed by atoms with E-state index in [0.717, 1.165) is 32.5 Å². The maximum atomic E-state index is 12.4. The number of hydrogen-bond acceptors (Lipinski definition) is 4. The lowest BCUT2D eigenvalue weighted by molar-refractivity contribution is -0.169. The van der Waals surface area contributed by atoms with E-state index in [9.17, 15) is 4.79 Å². The fraction of sp³-hybridized carbons (Fsp3) is 0.929. The Morgan fingerprint density at radius 3 is 2.68 bits per heavy atom. The van der Waals surface area contributed by atoms with E-state index in [1.165, 1.54) is 0 Å². The summed E-state index contributed by atoms with van der Waals surface area (Å²) < 4.78 is 11.3. The molecular formula is C14H26N2O3. The number of ether oxygens (including phenoxy) is 2. The highest BCUT2D eigenvalue weighted by Gasteiger charge is 2.40. The molecule has 0 bridgehead atoms. The summed E-state index contributed by atoms with van der Waals surface area (Å²) >= 11 is 0. The van der Waals surface area contributed by atoms with Gasteiger partial charge in [-0.05, 0) is 5.92 Å². The Bertz CT molecular complexity index is 310. The van der Waals surface area contributed by atoms with Crippen molar-refractivity contribution in [3.8, 4) is 0 Å². The first kappa shape index (κ1) is 14.8. The van der Waals surface area contributed by atoms with Gasteiger partial charge in [0.25, 0.3) is 0 Å². The van der Waals surface area contributed by atoms with Gasteiger partial charge >= 0.3 is 0 Å². The van der Waals surface area contributed by atoms with Crippen molar-refractivity contribution in [3.05, 3.63) is 0 Å². The maximum absolute atomic E-state index is 12.4. The van der Waals surface area contributed by atoms with Crippen molar-refractivity contribution in [1.82, 2.24) is 4.90 Å². The van der Waals surface area contributed by atoms with Gasteiger partial charge in [-0.3, -0.25) is 4.79 Å². The summed E-state index contributed by atoms with van der Waals surface area (Å²) in [5.41, 5.74) is 5.87. The lowest BCUT2D eigenvalue weighted by Crippen LogP contribution is -2.59. The molecule has 2 aliphatic rings. The molecule has 5 heteroatoms. The van der Waals surface area contributed by atoms with Gasteiger partial charge in [0.1, 0.15) is 0 Å². The van der Waals surface area contributed by atoms with Crippen molar-refractivity contribution in [2.24, 2.45) is 11.7 Å². The predicted octanol–water partition coefficient (Wildman–Crippen LogP) is 0.768. The molecule has 2 saturated heterocycles. The number of morpholine rings is 1. The highest BCUT2D eigenvalue weighted by Crippen LogP contribution is 2.29. The molecule has 0 radical (unpaired) electrons. The molecule has 1 amide bonds. The van der Waals surface area contributed by atoms with Crippen LogP contribution in [-0.4, -0.2) is 55.4 Å². The molecule has 1 spiro atoms. The van der Waals surface area contributed by atoms with Gasteiger partial charge in [-0.1, -0.05) is 20.3 Å². The number of amides is 1. The summed E-state index contributed by atoms with van der Waals surface area (Å²) in [6.45, 7) is 7.48. The Hall–Kier alpha value is -0.650. The van der Waals surface area contributed by atoms with Gasteiger partial charge in [0, 0.05) is 39.1 Å². The smallest absolute Gasteiger partial charge is 0.239 e. The van der Waals surface area contributed by atoms with E-state index in [0.29, 0.717) is 19.7 Å². The van der Waals surface area contributed by atoms with Gasteiger partial charge in [-0.2, -0.15) is 0 Å². The summed E-state index contributed by atoms with van der Waals surface area (Å²) in [4.78, 5) is 14.3. The monoisotopic (exact) mass is 270 g/mol. The molecule has 0 unspecified atom stereocenters. The van der Waals surface area contributed by atoms with Gasteiger partial charge in [-0.25, -0.2) is 0 Å². The average molecular weight is 270 g/mol. The van der Waals surface area contributed by atoms with E-state index in [4.69, 9.17) is 15.2 Å². The van der Waals surface area contributed by atoms with Crippen molar-refractivity contribution in [2.45, 2.75) is 44.8 Å². The average Bonchev–Trinajstić information content (AvgIpc) is 2.45. The lowest BCUT2D eigenvalue weighted by Gasteiger charge is -2.45. The fourth-order valence-electron chi connectivity index (χ4n) is 2.79. The summed E-state index contributed by atoms with van der Waals surface area (Å²) in [5.74, 6) is 0.296. The van der Waals surface area contributed by atoms with Crippen LogP contribution in [0.25, 0.3) is 0 Å². The van der Waals surface area contributed by atoms with Crippen molar-refractivity contribution < 1.29 is 14.3 Å². The van der Waals surface area contributed by atoms with Crippen LogP contribution >= 0.6 is 0 Å². The zero-order chi connectivity index (χ0) is 13.9. The quantitative estimate of drug-likeness (QED) is 0.822. The minimum absolute atomic E-state index is 0.0727. The first-order valence-electron chi connectivity index (χ1n) is 7.34. The third kappa shape index (κ3) is 3.27. The molecular weight excluding hydrogens is 244 g/mol. The van der Waals surface area contributed by atoms with Crippen LogP contribution in [0, 0.1) is 5.92 Å². The molecule has 2 rings (SSSR count). The Kier molecular flexibility index (Phi) is 4.81. The summed E-state index contributed by atoms with van der Waals surface area (Å²) in [6, 6.07) is -0.389. The minimum Gasteiger partial charge on any atom is -0.381 e. The molecule has 2 fully saturated rings. The van der Waals surface area contributed by atoms with Gasteiger partial charge in [0.15, 0.2) is 0 Å². The molecule has 2 heterocycles. The van der Waals surface area contributed by atoms with Crippen LogP contribution in [0.2, 0.25) is 0 Å². The second-order valence-electron chi connectivity index (χ2n) is 5.81. The standard InChI is InChI=1S/C14H26N2O3/c1-3-11(2)12(15)13(17)16-6-9-19-14(10-16)4-7-18-8-5-14/h11-12H,3-10,15H2,1-2H3/t11-,12-/m1/s1. The summed E-state index contributed by atoms with van der Waals surface area (Å²) in [6.07, 6.45) is 2.67. The largest absolute Gasteiger partial charge is 0.381 e. The van der Waals surface area contributed by atoms with Crippen molar-refractivity contribution in [2.75, 3.05) is 32.9 Å². The Balaban J connectivity index is 1.98. The molecule has 0 aromatic heterocycles. The highest BCUT2D eigenvalue weighted by molar-refractivity contribution is 5.82. The molecule has 0 aliphatic carbocycles. The van der Waals surface area contributed by atoms with Crippen LogP contribution in [0.5, 0.6) is 0 Å². The molecule has 0 aromatic carbocycles. The summed E-state index contributed by atoms with van der Waals surface area (Å²) in [5, 5.41) is 0. The van der Waals surface area contributed by atoms with Crippen LogP contribution in [0.3, 0.4) is 0 Å². The van der Waals surface area contributed by atoms with Crippen LogP contribution in [0.15, 0.2) is 0 Å². The second kappa shape index (κ2) is 6.20. The minimum atomic E-state index is -0.389. The molecule has 5 nitrogen and oxygen atoms in total. The van der Waals surface area contributed by atoms with Crippen LogP contribution in [-0.2, 0) is 14.3 Å². The van der Waals surface area contributed by atoms with E-state index in [1.807, 2.05) is 11.8 Å². The first-order chi connectivity index (χ1) is 9.08. The molecule has 2 N–H and O–H groups in total. The SMILES string of the molecule is CC[C@@H](C)[C@@H](N)C(=O)N1CCOC2(CCOCC2)C1. The zero-order valence-electron chi connectivity index (χ0n) is 12.1. The fourth-order valence-corrected chi connectivity index (χ4v) is 2.79. The van der Waals surface area contributed by atoms with Crippen LogP contribution in [0.4, 0.5) is 0 Å². The van der Waals surface area contributed by atoms with Gasteiger partial charge in [-0.15, -0.1) is 0 Å². The first-order valence-corrected chi connectivity index (χ1v) is 7.34. The van der Waals surface area contributed by atoms with Crippen molar-refractivity contribution in [3.63, 3.8) is 0 Å². The number of nitrogens with two attached hydrogens (primary N) is 1. The maximum Gasteiger partial charge on any atom is 0.239 e. The molecule has 19 heavy (non-hydrogen) atoms. The van der Waals surface area contributed by atoms with E-state index < -0.39 is 0 Å². The van der Waals surface area contributed by atoms with Crippen LogP contribution in [0.1, 0.15) is 33.1 Å². The normalized spacial score (nSPS) is 26.2. The third-order valence-electron chi connectivity index (χ3n) is 4.51. The van der Waals surface area contributed by atoms with E-state index in [2.05, 4.69) is 6.92 Å². The number of rotatable bonds is 3. The van der Waals surface area contributed by atoms with Crippen LogP contribution < -0.4 is 5.73 Å². The van der Waals surface area contributed by atoms with Crippen molar-refractivity contribution >= 4 is 5.91 Å². The van der Waals surface area contributed by atoms with E-state index in [-0.39, 0.29) is 23.5 Å². The lowest BCUT2D eigenvalue weighted by atomic mass is 9.91. The third-order valence-corrected chi connectivity index (χ3v) is 4.51. The Labute approximate surface area is 115 Å². The number of carbonyl (C=O) groups excluding carboxylic acids is 1. The Morgan fingerprint density at radius 1 is 1.37 bits per heavy atom. The predicted molar refractivity (Wildman–Crippen MR) is 72.7 cm³/mol. The molecule has 110 valence electrons. The summed E-state index contributed by atoms with van der Waals surface area (Å²) in [7, 11) is 0. The van der Waals surface area contributed by atoms with E-state index in [1.54, 1.807) is 0 Å². The molecule has 2 atom stereocenters. The van der Waals surface area contributed by atoms with Gasteiger partial charge in [0.05, 0.1) is 18.2 Å². The highest BCUT2D eigenvalue weighted by atomic mass is 16.5. The molecule has 0 saturated carbocycles. The zero-order valence-corrected chi connectivity index (χ0v) is 12.1. The Morgan fingerprint density at radius 2 is 2.05 bits per heavy atom. The van der Waals surface area contributed by atoms with Gasteiger partial charge < -0.3 is 20.1 Å². The number of hydrogen-bond donors (Lipinski definition) is 1.